The first-order valence-electron chi connectivity index (χ1n) is 9.40. The first kappa shape index (κ1) is 20.5. The highest BCUT2D eigenvalue weighted by Crippen LogP contribution is 2.23. The summed E-state index contributed by atoms with van der Waals surface area (Å²) in [7, 11) is -3.63. The summed E-state index contributed by atoms with van der Waals surface area (Å²) in [5.41, 5.74) is 1.03. The molecule has 1 aromatic carbocycles. The van der Waals surface area contributed by atoms with Crippen molar-refractivity contribution in [2.75, 3.05) is 19.6 Å². The van der Waals surface area contributed by atoms with Gasteiger partial charge in [-0.15, -0.1) is 0 Å². The van der Waals surface area contributed by atoms with Gasteiger partial charge in [0.2, 0.25) is 15.9 Å². The van der Waals surface area contributed by atoms with E-state index in [2.05, 4.69) is 35.7 Å². The monoisotopic (exact) mass is 405 g/mol. The molecule has 0 saturated carbocycles. The number of nitrogens with zero attached hydrogens (tertiary/aromatic N) is 4. The molecule has 2 aromatic rings. The molecule has 1 amide bonds. The summed E-state index contributed by atoms with van der Waals surface area (Å²) in [6.07, 6.45) is 4.16. The molecular weight excluding hydrogens is 378 g/mol. The van der Waals surface area contributed by atoms with Gasteiger partial charge in [0, 0.05) is 26.1 Å². The SMILES string of the molecule is CC(C)(C)c1ccc(S(=O)(=O)NCCC(=O)N2CC[C@H](n3nccn3)C2)cc1. The lowest BCUT2D eigenvalue weighted by Crippen LogP contribution is -2.33. The van der Waals surface area contributed by atoms with Crippen molar-refractivity contribution >= 4 is 15.9 Å². The van der Waals surface area contributed by atoms with E-state index in [9.17, 15) is 13.2 Å². The van der Waals surface area contributed by atoms with Gasteiger partial charge < -0.3 is 4.90 Å². The van der Waals surface area contributed by atoms with Gasteiger partial charge in [0.15, 0.2) is 0 Å². The molecule has 0 unspecified atom stereocenters. The summed E-state index contributed by atoms with van der Waals surface area (Å²) >= 11 is 0. The molecule has 0 bridgehead atoms. The molecular formula is C19H27N5O3S. The van der Waals surface area contributed by atoms with Crippen LogP contribution in [0.5, 0.6) is 0 Å². The zero-order valence-electron chi connectivity index (χ0n) is 16.5. The second-order valence-corrected chi connectivity index (χ2v) is 9.82. The Bertz CT molecular complexity index is 902. The maximum Gasteiger partial charge on any atom is 0.240 e. The van der Waals surface area contributed by atoms with Crippen LogP contribution in [0.3, 0.4) is 0 Å². The Morgan fingerprint density at radius 1 is 1.18 bits per heavy atom. The smallest absolute Gasteiger partial charge is 0.240 e. The van der Waals surface area contributed by atoms with Crippen LogP contribution >= 0.6 is 0 Å². The minimum absolute atomic E-state index is 0.0403. The molecule has 1 aromatic heterocycles. The van der Waals surface area contributed by atoms with Crippen LogP contribution in [0.1, 0.15) is 45.2 Å². The number of aromatic nitrogens is 3. The van der Waals surface area contributed by atoms with Gasteiger partial charge in [0.05, 0.1) is 23.3 Å². The Labute approximate surface area is 166 Å². The fourth-order valence-corrected chi connectivity index (χ4v) is 4.27. The minimum Gasteiger partial charge on any atom is -0.340 e. The summed E-state index contributed by atoms with van der Waals surface area (Å²) in [6, 6.07) is 6.94. The van der Waals surface area contributed by atoms with Gasteiger partial charge in [-0.05, 0) is 29.5 Å². The van der Waals surface area contributed by atoms with E-state index in [0.29, 0.717) is 13.1 Å². The molecule has 1 aliphatic rings. The van der Waals surface area contributed by atoms with E-state index in [0.717, 1.165) is 12.0 Å². The molecule has 0 spiro atoms. The van der Waals surface area contributed by atoms with E-state index in [-0.39, 0.29) is 35.2 Å². The molecule has 8 nitrogen and oxygen atoms in total. The Morgan fingerprint density at radius 3 is 2.43 bits per heavy atom. The number of hydrogen-bond acceptors (Lipinski definition) is 5. The van der Waals surface area contributed by atoms with Crippen LogP contribution < -0.4 is 4.72 Å². The Balaban J connectivity index is 1.50. The highest BCUT2D eigenvalue weighted by Gasteiger charge is 2.28. The standard InChI is InChI=1S/C19H27N5O3S/c1-19(2,3)15-4-6-17(7-5-15)28(26,27)22-10-8-18(25)23-13-9-16(14-23)24-20-11-12-21-24/h4-7,11-12,16,22H,8-10,13-14H2,1-3H3/t16-/m0/s1. The lowest BCUT2D eigenvalue weighted by Gasteiger charge is -2.19. The average molecular weight is 406 g/mol. The summed E-state index contributed by atoms with van der Waals surface area (Å²) < 4.78 is 27.4. The van der Waals surface area contributed by atoms with Crippen LogP contribution in [-0.4, -0.2) is 53.9 Å². The van der Waals surface area contributed by atoms with Crippen molar-refractivity contribution in [3.05, 3.63) is 42.2 Å². The maximum absolute atomic E-state index is 12.4. The molecule has 1 N–H and O–H groups in total. The van der Waals surface area contributed by atoms with Crippen LogP contribution in [0.25, 0.3) is 0 Å². The fourth-order valence-electron chi connectivity index (χ4n) is 3.24. The van der Waals surface area contributed by atoms with Gasteiger partial charge in [-0.1, -0.05) is 32.9 Å². The Hall–Kier alpha value is -2.26. The predicted octanol–water partition coefficient (Wildman–Crippen LogP) is 1.72. The number of rotatable bonds is 6. The number of hydrogen-bond donors (Lipinski definition) is 1. The summed E-state index contributed by atoms with van der Waals surface area (Å²) in [5, 5.41) is 8.23. The van der Waals surface area contributed by atoms with E-state index < -0.39 is 10.0 Å². The molecule has 9 heteroatoms. The maximum atomic E-state index is 12.4. The van der Waals surface area contributed by atoms with Crippen molar-refractivity contribution in [2.24, 2.45) is 0 Å². The van der Waals surface area contributed by atoms with Crippen LogP contribution in [0.15, 0.2) is 41.6 Å². The van der Waals surface area contributed by atoms with E-state index in [4.69, 9.17) is 0 Å². The second-order valence-electron chi connectivity index (χ2n) is 8.05. The van der Waals surface area contributed by atoms with Crippen LogP contribution in [0.2, 0.25) is 0 Å². The van der Waals surface area contributed by atoms with Crippen molar-refractivity contribution in [3.8, 4) is 0 Å². The zero-order valence-corrected chi connectivity index (χ0v) is 17.3. The second kappa shape index (κ2) is 8.00. The van der Waals surface area contributed by atoms with Crippen LogP contribution in [0, 0.1) is 0 Å². The van der Waals surface area contributed by atoms with E-state index in [1.807, 2.05) is 12.1 Å². The van der Waals surface area contributed by atoms with E-state index in [1.54, 1.807) is 34.2 Å². The highest BCUT2D eigenvalue weighted by molar-refractivity contribution is 7.89. The number of nitrogens with one attached hydrogen (secondary N) is 1. The number of amides is 1. The summed E-state index contributed by atoms with van der Waals surface area (Å²) in [5.74, 6) is -0.0690. The molecule has 1 atom stereocenters. The highest BCUT2D eigenvalue weighted by atomic mass is 32.2. The van der Waals surface area contributed by atoms with Gasteiger partial charge in [-0.25, -0.2) is 13.1 Å². The Kier molecular flexibility index (Phi) is 5.85. The molecule has 3 rings (SSSR count). The third-order valence-corrected chi connectivity index (χ3v) is 6.42. The fraction of sp³-hybridized carbons (Fsp3) is 0.526. The number of carbonyl (C=O) groups is 1. The van der Waals surface area contributed by atoms with Gasteiger partial charge >= 0.3 is 0 Å². The van der Waals surface area contributed by atoms with E-state index >= 15 is 0 Å². The van der Waals surface area contributed by atoms with Gasteiger partial charge in [-0.3, -0.25) is 4.79 Å². The number of likely N-dealkylation sites (tertiary alicyclic amines) is 1. The molecule has 1 aliphatic heterocycles. The van der Waals surface area contributed by atoms with Crippen molar-refractivity contribution in [2.45, 2.75) is 50.0 Å². The third-order valence-electron chi connectivity index (χ3n) is 4.94. The first-order chi connectivity index (χ1) is 13.2. The van der Waals surface area contributed by atoms with Crippen LogP contribution in [0.4, 0.5) is 0 Å². The molecule has 0 aliphatic carbocycles. The number of sulfonamides is 1. The summed E-state index contributed by atoms with van der Waals surface area (Å²) in [4.78, 5) is 15.9. The first-order valence-corrected chi connectivity index (χ1v) is 10.9. The minimum atomic E-state index is -3.63. The molecule has 152 valence electrons. The summed E-state index contributed by atoms with van der Waals surface area (Å²) in [6.45, 7) is 7.48. The van der Waals surface area contributed by atoms with Crippen molar-refractivity contribution < 1.29 is 13.2 Å². The van der Waals surface area contributed by atoms with Crippen molar-refractivity contribution in [1.82, 2.24) is 24.6 Å². The van der Waals surface area contributed by atoms with E-state index in [1.165, 1.54) is 0 Å². The lowest BCUT2D eigenvalue weighted by molar-refractivity contribution is -0.130. The van der Waals surface area contributed by atoms with Crippen molar-refractivity contribution in [3.63, 3.8) is 0 Å². The third kappa shape index (κ3) is 4.77. The number of carbonyl (C=O) groups excluding carboxylic acids is 1. The van der Waals surface area contributed by atoms with Gasteiger partial charge in [-0.2, -0.15) is 15.0 Å². The van der Waals surface area contributed by atoms with Crippen molar-refractivity contribution in [1.29, 1.82) is 0 Å². The molecule has 28 heavy (non-hydrogen) atoms. The quantitative estimate of drug-likeness (QED) is 0.789. The zero-order chi connectivity index (χ0) is 20.4. The predicted molar refractivity (Wildman–Crippen MR) is 105 cm³/mol. The molecule has 1 fully saturated rings. The number of benzene rings is 1. The van der Waals surface area contributed by atoms with Gasteiger partial charge in [0.25, 0.3) is 0 Å². The average Bonchev–Trinajstić information content (AvgIpc) is 3.32. The largest absolute Gasteiger partial charge is 0.340 e. The lowest BCUT2D eigenvalue weighted by atomic mass is 9.87. The molecule has 2 heterocycles. The molecule has 1 saturated heterocycles. The molecule has 0 radical (unpaired) electrons. The van der Waals surface area contributed by atoms with Gasteiger partial charge in [0.1, 0.15) is 0 Å². The Morgan fingerprint density at radius 2 is 1.82 bits per heavy atom. The topological polar surface area (TPSA) is 97.2 Å². The normalized spacial score (nSPS) is 17.8. The van der Waals surface area contributed by atoms with Crippen LogP contribution in [-0.2, 0) is 20.2 Å².